The molecule has 0 fully saturated rings. The van der Waals surface area contributed by atoms with Crippen LogP contribution in [0.15, 0.2) is 42.7 Å². The van der Waals surface area contributed by atoms with Crippen molar-refractivity contribution in [1.82, 2.24) is 14.5 Å². The molecule has 0 bridgehead atoms. The molecule has 0 saturated heterocycles. The number of hydrogen-bond donors (Lipinski definition) is 0. The van der Waals surface area contributed by atoms with Crippen LogP contribution in [0.5, 0.6) is 0 Å². The second-order valence-corrected chi connectivity index (χ2v) is 7.21. The van der Waals surface area contributed by atoms with Crippen LogP contribution >= 0.6 is 0 Å². The summed E-state index contributed by atoms with van der Waals surface area (Å²) in [4.78, 5) is 6.58. The van der Waals surface area contributed by atoms with Crippen LogP contribution in [0, 0.1) is 6.92 Å². The fraction of sp³-hybridized carbons (Fsp3) is 0.318. The molecular formula is C22H25N3. The number of likely N-dealkylation sites (N-methyl/N-ethyl adjacent to an activating group) is 1. The van der Waals surface area contributed by atoms with Crippen molar-refractivity contribution in [3.05, 3.63) is 65.1 Å². The fourth-order valence-electron chi connectivity index (χ4n) is 3.94. The van der Waals surface area contributed by atoms with Crippen molar-refractivity contribution < 1.29 is 0 Å². The maximum atomic E-state index is 4.14. The van der Waals surface area contributed by atoms with Crippen LogP contribution in [0.25, 0.3) is 22.7 Å². The summed E-state index contributed by atoms with van der Waals surface area (Å²) in [5.41, 5.74) is 8.06. The summed E-state index contributed by atoms with van der Waals surface area (Å²) in [7, 11) is 2.22. The van der Waals surface area contributed by atoms with Crippen molar-refractivity contribution >= 4 is 22.7 Å². The van der Waals surface area contributed by atoms with E-state index in [2.05, 4.69) is 78.8 Å². The van der Waals surface area contributed by atoms with Gasteiger partial charge < -0.3 is 4.57 Å². The Labute approximate surface area is 149 Å². The van der Waals surface area contributed by atoms with Gasteiger partial charge in [-0.05, 0) is 75.2 Å². The van der Waals surface area contributed by atoms with Gasteiger partial charge in [0.05, 0.1) is 5.52 Å². The van der Waals surface area contributed by atoms with Crippen LogP contribution in [0.2, 0.25) is 0 Å². The zero-order valence-corrected chi connectivity index (χ0v) is 15.5. The Bertz CT molecular complexity index is 950. The third kappa shape index (κ3) is 2.69. The maximum absolute atomic E-state index is 4.14. The second-order valence-electron chi connectivity index (χ2n) is 7.21. The molecule has 1 aliphatic heterocycles. The molecule has 4 rings (SSSR count). The highest BCUT2D eigenvalue weighted by Gasteiger charge is 2.27. The molecule has 0 spiro atoms. The first-order valence-electron chi connectivity index (χ1n) is 8.98. The Morgan fingerprint density at radius 3 is 2.72 bits per heavy atom. The third-order valence-corrected chi connectivity index (χ3v) is 5.54. The van der Waals surface area contributed by atoms with E-state index in [4.69, 9.17) is 0 Å². The van der Waals surface area contributed by atoms with Gasteiger partial charge in [-0.1, -0.05) is 11.6 Å². The third-order valence-electron chi connectivity index (χ3n) is 5.54. The predicted molar refractivity (Wildman–Crippen MR) is 106 cm³/mol. The van der Waals surface area contributed by atoms with Crippen LogP contribution in [0.4, 0.5) is 0 Å². The Hall–Kier alpha value is -2.39. The first kappa shape index (κ1) is 16.1. The van der Waals surface area contributed by atoms with Gasteiger partial charge >= 0.3 is 0 Å². The van der Waals surface area contributed by atoms with E-state index in [1.807, 2.05) is 12.4 Å². The molecule has 3 heterocycles. The summed E-state index contributed by atoms with van der Waals surface area (Å²) in [6.45, 7) is 7.79. The monoisotopic (exact) mass is 331 g/mol. The smallest absolute Gasteiger partial charge is 0.0529 e. The van der Waals surface area contributed by atoms with E-state index in [-0.39, 0.29) is 0 Å². The lowest BCUT2D eigenvalue weighted by Crippen LogP contribution is -2.31. The first-order valence-corrected chi connectivity index (χ1v) is 8.98. The van der Waals surface area contributed by atoms with Gasteiger partial charge in [-0.2, -0.15) is 0 Å². The van der Waals surface area contributed by atoms with E-state index in [0.29, 0.717) is 6.04 Å². The van der Waals surface area contributed by atoms with Crippen LogP contribution in [0.1, 0.15) is 42.3 Å². The van der Waals surface area contributed by atoms with Gasteiger partial charge in [0.25, 0.3) is 0 Å². The highest BCUT2D eigenvalue weighted by Crippen LogP contribution is 2.37. The number of aromatic nitrogens is 2. The van der Waals surface area contributed by atoms with Crippen LogP contribution < -0.4 is 0 Å². The number of hydrogen-bond acceptors (Lipinski definition) is 2. The molecule has 3 nitrogen and oxygen atoms in total. The van der Waals surface area contributed by atoms with Gasteiger partial charge in [-0.3, -0.25) is 9.88 Å². The number of allylic oxidation sites excluding steroid dienone is 1. The number of benzene rings is 1. The van der Waals surface area contributed by atoms with Gasteiger partial charge in [0.15, 0.2) is 0 Å². The van der Waals surface area contributed by atoms with Crippen molar-refractivity contribution in [3.63, 3.8) is 0 Å². The quantitative estimate of drug-likeness (QED) is 0.665. The van der Waals surface area contributed by atoms with E-state index in [1.165, 1.54) is 38.9 Å². The van der Waals surface area contributed by atoms with E-state index in [9.17, 15) is 0 Å². The lowest BCUT2D eigenvalue weighted by atomic mass is 9.98. The molecule has 0 radical (unpaired) electrons. The molecule has 3 aromatic rings. The fourth-order valence-corrected chi connectivity index (χ4v) is 3.94. The summed E-state index contributed by atoms with van der Waals surface area (Å²) in [5.74, 6) is 0. The highest BCUT2D eigenvalue weighted by molar-refractivity contribution is 5.90. The summed E-state index contributed by atoms with van der Waals surface area (Å²) < 4.78 is 2.42. The molecule has 1 aromatic carbocycles. The van der Waals surface area contributed by atoms with E-state index in [1.54, 1.807) is 0 Å². The van der Waals surface area contributed by atoms with Crippen LogP contribution in [-0.2, 0) is 6.42 Å². The lowest BCUT2D eigenvalue weighted by Gasteiger charge is -2.31. The predicted octanol–water partition coefficient (Wildman–Crippen LogP) is 4.91. The Morgan fingerprint density at radius 2 is 1.96 bits per heavy atom. The van der Waals surface area contributed by atoms with Crippen molar-refractivity contribution in [3.8, 4) is 0 Å². The average Bonchev–Trinajstić information content (AvgIpc) is 2.92. The standard InChI is InChI=1S/C22H25N3/c1-15-5-6-21-20(13-15)19-9-12-24(4)17(3)22(19)25(21)14-16(2)18-7-10-23-11-8-18/h5-8,10-11,13-14,17H,9,12H2,1-4H3/b16-14+. The SMILES string of the molecule is C/C(=C\n1c2c(c3cc(C)ccc31)CCN(C)C2C)c1ccncc1. The van der Waals surface area contributed by atoms with Crippen LogP contribution in [-0.4, -0.2) is 28.0 Å². The second kappa shape index (κ2) is 6.16. The van der Waals surface area contributed by atoms with Crippen molar-refractivity contribution in [2.45, 2.75) is 33.2 Å². The largest absolute Gasteiger partial charge is 0.318 e. The summed E-state index contributed by atoms with van der Waals surface area (Å²) in [6.07, 6.45) is 7.12. The molecule has 1 unspecified atom stereocenters. The van der Waals surface area contributed by atoms with Crippen molar-refractivity contribution in [2.75, 3.05) is 13.6 Å². The Balaban J connectivity index is 1.97. The molecule has 0 saturated carbocycles. The Kier molecular flexibility index (Phi) is 3.97. The zero-order valence-electron chi connectivity index (χ0n) is 15.5. The van der Waals surface area contributed by atoms with Gasteiger partial charge in [0.2, 0.25) is 0 Å². The molecule has 3 heteroatoms. The molecule has 128 valence electrons. The average molecular weight is 331 g/mol. The minimum atomic E-state index is 0.415. The minimum Gasteiger partial charge on any atom is -0.318 e. The van der Waals surface area contributed by atoms with Gasteiger partial charge in [-0.15, -0.1) is 0 Å². The summed E-state index contributed by atoms with van der Waals surface area (Å²) >= 11 is 0. The van der Waals surface area contributed by atoms with E-state index < -0.39 is 0 Å². The number of fused-ring (bicyclic) bond motifs is 3. The van der Waals surface area contributed by atoms with Gasteiger partial charge in [0, 0.05) is 42.3 Å². The van der Waals surface area contributed by atoms with Crippen LogP contribution in [0.3, 0.4) is 0 Å². The zero-order chi connectivity index (χ0) is 17.6. The van der Waals surface area contributed by atoms with Crippen molar-refractivity contribution in [1.29, 1.82) is 0 Å². The molecule has 1 aliphatic rings. The molecule has 0 aliphatic carbocycles. The molecule has 1 atom stereocenters. The molecular weight excluding hydrogens is 306 g/mol. The summed E-state index contributed by atoms with van der Waals surface area (Å²) in [5, 5.41) is 1.41. The highest BCUT2D eigenvalue weighted by atomic mass is 15.2. The van der Waals surface area contributed by atoms with E-state index in [0.717, 1.165) is 13.0 Å². The minimum absolute atomic E-state index is 0.415. The molecule has 0 amide bonds. The molecule has 25 heavy (non-hydrogen) atoms. The number of pyridine rings is 1. The molecule has 0 N–H and O–H groups in total. The maximum Gasteiger partial charge on any atom is 0.0529 e. The first-order chi connectivity index (χ1) is 12.1. The number of rotatable bonds is 2. The van der Waals surface area contributed by atoms with Gasteiger partial charge in [0.1, 0.15) is 0 Å². The molecule has 2 aromatic heterocycles. The summed E-state index contributed by atoms with van der Waals surface area (Å²) in [6, 6.07) is 11.4. The topological polar surface area (TPSA) is 21.1 Å². The van der Waals surface area contributed by atoms with E-state index >= 15 is 0 Å². The number of aryl methyl sites for hydroxylation is 1. The lowest BCUT2D eigenvalue weighted by molar-refractivity contribution is 0.242. The number of nitrogens with zero attached hydrogens (tertiary/aromatic N) is 3. The van der Waals surface area contributed by atoms with Gasteiger partial charge in [-0.25, -0.2) is 0 Å². The van der Waals surface area contributed by atoms with Crippen molar-refractivity contribution in [2.24, 2.45) is 0 Å². The Morgan fingerprint density at radius 1 is 1.20 bits per heavy atom. The normalized spacial score (nSPS) is 18.6.